The van der Waals surface area contributed by atoms with E-state index in [9.17, 15) is 4.79 Å². The van der Waals surface area contributed by atoms with Crippen LogP contribution in [-0.4, -0.2) is 58.6 Å². The summed E-state index contributed by atoms with van der Waals surface area (Å²) in [5.41, 5.74) is 0.325. The van der Waals surface area contributed by atoms with Gasteiger partial charge in [-0.25, -0.2) is 0 Å². The lowest BCUT2D eigenvalue weighted by Gasteiger charge is -2.34. The lowest BCUT2D eigenvalue weighted by atomic mass is 10.2. The zero-order valence-corrected chi connectivity index (χ0v) is 12.3. The molecule has 0 bridgehead atoms. The molecule has 0 aromatic carbocycles. The Morgan fingerprint density at radius 2 is 1.95 bits per heavy atom. The third-order valence-corrected chi connectivity index (χ3v) is 3.61. The number of hydrogen-bond donors (Lipinski definition) is 0. The van der Waals surface area contributed by atoms with E-state index >= 15 is 0 Å². The molecular weight excluding hydrogens is 287 g/mol. The Hall–Kier alpha value is -0.910. The molecule has 0 saturated carbocycles. The van der Waals surface area contributed by atoms with Crippen LogP contribution in [0.4, 0.5) is 0 Å². The van der Waals surface area contributed by atoms with E-state index in [0.29, 0.717) is 18.7 Å². The fourth-order valence-corrected chi connectivity index (χ4v) is 2.48. The molecule has 1 aliphatic rings. The fraction of sp³-hybridized carbons (Fsp3) is 0.583. The van der Waals surface area contributed by atoms with Crippen molar-refractivity contribution in [2.75, 3.05) is 32.7 Å². The normalized spacial score (nSPS) is 16.7. The second-order valence-corrected chi connectivity index (χ2v) is 5.25. The SMILES string of the molecule is CCCN1CCN(C(=O)c2cc(Cl)nnc2Cl)CC1. The third kappa shape index (κ3) is 3.55. The van der Waals surface area contributed by atoms with Crippen LogP contribution < -0.4 is 0 Å². The second kappa shape index (κ2) is 6.50. The summed E-state index contributed by atoms with van der Waals surface area (Å²) in [4.78, 5) is 16.5. The zero-order valence-electron chi connectivity index (χ0n) is 10.8. The summed E-state index contributed by atoms with van der Waals surface area (Å²) >= 11 is 11.7. The summed E-state index contributed by atoms with van der Waals surface area (Å²) in [5.74, 6) is -0.127. The first kappa shape index (κ1) is 14.5. The number of amides is 1. The topological polar surface area (TPSA) is 49.3 Å². The van der Waals surface area contributed by atoms with E-state index in [2.05, 4.69) is 22.0 Å². The minimum absolute atomic E-state index is 0.102. The van der Waals surface area contributed by atoms with Gasteiger partial charge in [0.15, 0.2) is 10.3 Å². The smallest absolute Gasteiger partial charge is 0.257 e. The van der Waals surface area contributed by atoms with Crippen molar-refractivity contribution in [2.45, 2.75) is 13.3 Å². The summed E-state index contributed by atoms with van der Waals surface area (Å²) in [6.07, 6.45) is 1.13. The number of nitrogens with zero attached hydrogens (tertiary/aromatic N) is 4. The van der Waals surface area contributed by atoms with Gasteiger partial charge in [-0.3, -0.25) is 9.69 Å². The maximum Gasteiger partial charge on any atom is 0.257 e. The number of carbonyl (C=O) groups is 1. The first-order valence-electron chi connectivity index (χ1n) is 6.32. The molecule has 0 atom stereocenters. The standard InChI is InChI=1S/C12H16Cl2N4O/c1-2-3-17-4-6-18(7-5-17)12(19)9-8-10(13)15-16-11(9)14/h8H,2-7H2,1H3. The second-order valence-electron chi connectivity index (χ2n) is 4.51. The predicted molar refractivity (Wildman–Crippen MR) is 74.7 cm³/mol. The Bertz CT molecular complexity index is 461. The van der Waals surface area contributed by atoms with Gasteiger partial charge in [0.1, 0.15) is 0 Å². The van der Waals surface area contributed by atoms with Gasteiger partial charge in [-0.15, -0.1) is 10.2 Å². The van der Waals surface area contributed by atoms with E-state index in [1.807, 2.05) is 0 Å². The third-order valence-electron chi connectivity index (χ3n) is 3.15. The van der Waals surface area contributed by atoms with Crippen molar-refractivity contribution in [3.63, 3.8) is 0 Å². The highest BCUT2D eigenvalue weighted by Crippen LogP contribution is 2.18. The lowest BCUT2D eigenvalue weighted by Crippen LogP contribution is -2.48. The van der Waals surface area contributed by atoms with Crippen LogP contribution in [0.5, 0.6) is 0 Å². The summed E-state index contributed by atoms with van der Waals surface area (Å²) in [6.45, 7) is 6.42. The number of carbonyl (C=O) groups excluding carboxylic acids is 1. The molecule has 5 nitrogen and oxygen atoms in total. The van der Waals surface area contributed by atoms with Gasteiger partial charge in [-0.1, -0.05) is 30.1 Å². The molecule has 1 amide bonds. The van der Waals surface area contributed by atoms with Gasteiger partial charge in [0.25, 0.3) is 5.91 Å². The van der Waals surface area contributed by atoms with Gasteiger partial charge in [0.2, 0.25) is 0 Å². The first-order valence-corrected chi connectivity index (χ1v) is 7.07. The molecule has 0 aliphatic carbocycles. The molecule has 1 aromatic heterocycles. The summed E-state index contributed by atoms with van der Waals surface area (Å²) < 4.78 is 0. The van der Waals surface area contributed by atoms with Gasteiger partial charge in [-0.2, -0.15) is 0 Å². The molecular formula is C12H16Cl2N4O. The van der Waals surface area contributed by atoms with E-state index in [4.69, 9.17) is 23.2 Å². The summed E-state index contributed by atoms with van der Waals surface area (Å²) in [5, 5.41) is 7.55. The predicted octanol–water partition coefficient (Wildman–Crippen LogP) is 1.95. The van der Waals surface area contributed by atoms with Crippen molar-refractivity contribution >= 4 is 29.1 Å². The Kier molecular flexibility index (Phi) is 4.96. The Morgan fingerprint density at radius 1 is 1.26 bits per heavy atom. The van der Waals surface area contributed by atoms with Crippen molar-refractivity contribution in [3.05, 3.63) is 21.9 Å². The molecule has 1 aromatic rings. The van der Waals surface area contributed by atoms with Crippen LogP contribution in [0, 0.1) is 0 Å². The van der Waals surface area contributed by atoms with E-state index in [1.54, 1.807) is 4.90 Å². The van der Waals surface area contributed by atoms with Crippen LogP contribution in [0.15, 0.2) is 6.07 Å². The van der Waals surface area contributed by atoms with Crippen LogP contribution >= 0.6 is 23.2 Å². The Labute approximate surface area is 122 Å². The van der Waals surface area contributed by atoms with Crippen LogP contribution in [-0.2, 0) is 0 Å². The molecule has 0 spiro atoms. The van der Waals surface area contributed by atoms with Gasteiger partial charge in [-0.05, 0) is 19.0 Å². The van der Waals surface area contributed by atoms with E-state index in [-0.39, 0.29) is 16.2 Å². The maximum absolute atomic E-state index is 12.3. The number of rotatable bonds is 3. The van der Waals surface area contributed by atoms with Crippen LogP contribution in [0.1, 0.15) is 23.7 Å². The number of piperazine rings is 1. The molecule has 1 aliphatic heterocycles. The molecule has 19 heavy (non-hydrogen) atoms. The van der Waals surface area contributed by atoms with Crippen molar-refractivity contribution in [2.24, 2.45) is 0 Å². The van der Waals surface area contributed by atoms with E-state index in [0.717, 1.165) is 26.1 Å². The number of aromatic nitrogens is 2. The average Bonchev–Trinajstić information content (AvgIpc) is 2.42. The Balaban J connectivity index is 2.03. The van der Waals surface area contributed by atoms with Gasteiger partial charge < -0.3 is 4.90 Å². The lowest BCUT2D eigenvalue weighted by molar-refractivity contribution is 0.0637. The maximum atomic E-state index is 12.3. The highest BCUT2D eigenvalue weighted by atomic mass is 35.5. The number of halogens is 2. The molecule has 2 rings (SSSR count). The molecule has 0 unspecified atom stereocenters. The summed E-state index contributed by atoms with van der Waals surface area (Å²) in [6, 6.07) is 1.47. The van der Waals surface area contributed by atoms with E-state index in [1.165, 1.54) is 6.07 Å². The van der Waals surface area contributed by atoms with Crippen molar-refractivity contribution in [1.29, 1.82) is 0 Å². The average molecular weight is 303 g/mol. The number of hydrogen-bond acceptors (Lipinski definition) is 4. The van der Waals surface area contributed by atoms with Gasteiger partial charge in [0, 0.05) is 26.2 Å². The zero-order chi connectivity index (χ0) is 13.8. The molecule has 0 radical (unpaired) electrons. The van der Waals surface area contributed by atoms with Crippen LogP contribution in [0.25, 0.3) is 0 Å². The fourth-order valence-electron chi connectivity index (χ4n) is 2.16. The molecule has 1 saturated heterocycles. The minimum Gasteiger partial charge on any atom is -0.336 e. The Morgan fingerprint density at radius 3 is 2.58 bits per heavy atom. The van der Waals surface area contributed by atoms with E-state index < -0.39 is 0 Å². The highest BCUT2D eigenvalue weighted by Gasteiger charge is 2.24. The molecule has 7 heteroatoms. The van der Waals surface area contributed by atoms with Crippen molar-refractivity contribution in [1.82, 2.24) is 20.0 Å². The van der Waals surface area contributed by atoms with Crippen molar-refractivity contribution in [3.8, 4) is 0 Å². The quantitative estimate of drug-likeness (QED) is 0.856. The summed E-state index contributed by atoms with van der Waals surface area (Å²) in [7, 11) is 0. The minimum atomic E-state index is -0.127. The molecule has 104 valence electrons. The van der Waals surface area contributed by atoms with Crippen molar-refractivity contribution < 1.29 is 4.79 Å². The highest BCUT2D eigenvalue weighted by molar-refractivity contribution is 6.34. The van der Waals surface area contributed by atoms with Gasteiger partial charge in [0.05, 0.1) is 5.56 Å². The van der Waals surface area contributed by atoms with Crippen LogP contribution in [0.2, 0.25) is 10.3 Å². The molecule has 2 heterocycles. The molecule has 0 N–H and O–H groups in total. The monoisotopic (exact) mass is 302 g/mol. The molecule has 1 fully saturated rings. The first-order chi connectivity index (χ1) is 9.11. The van der Waals surface area contributed by atoms with Gasteiger partial charge >= 0.3 is 0 Å². The van der Waals surface area contributed by atoms with Crippen LogP contribution in [0.3, 0.4) is 0 Å². The largest absolute Gasteiger partial charge is 0.336 e.